The summed E-state index contributed by atoms with van der Waals surface area (Å²) in [4.78, 5) is 56.1. The SMILES string of the molecule is CCOC(=O)c1sc(/N=c2\[n-]c3ccccc3s2)nc1C(C)(C)c1[n-]/c(=N\c2nc3ccccc3s2)sc1C(=O)COC.[Cu+2]. The molecule has 0 spiro atoms. The maximum atomic E-state index is 13.3. The molecule has 4 aromatic heterocycles. The van der Waals surface area contributed by atoms with Gasteiger partial charge in [-0.15, -0.1) is 45.3 Å². The molecule has 0 aliphatic rings. The van der Waals surface area contributed by atoms with Gasteiger partial charge in [-0.2, -0.15) is 0 Å². The molecule has 15 heteroatoms. The predicted octanol–water partition coefficient (Wildman–Crippen LogP) is 5.74. The predicted molar refractivity (Wildman–Crippen MR) is 169 cm³/mol. The van der Waals surface area contributed by atoms with Gasteiger partial charge in [-0.1, -0.05) is 44.2 Å². The van der Waals surface area contributed by atoms with Crippen molar-refractivity contribution in [3.8, 4) is 0 Å². The Morgan fingerprint density at radius 1 is 0.864 bits per heavy atom. The number of ketones is 1. The first-order valence-corrected chi connectivity index (χ1v) is 16.4. The van der Waals surface area contributed by atoms with E-state index < -0.39 is 11.4 Å². The number of methoxy groups -OCH3 is 1. The van der Waals surface area contributed by atoms with Crippen LogP contribution in [0.5, 0.6) is 0 Å². The quantitative estimate of drug-likeness (QED) is 0.106. The summed E-state index contributed by atoms with van der Waals surface area (Å²) in [7, 11) is 1.46. The molecule has 1 radical (unpaired) electrons. The fourth-order valence-corrected chi connectivity index (χ4v) is 8.18. The van der Waals surface area contributed by atoms with E-state index in [1.54, 1.807) is 6.92 Å². The van der Waals surface area contributed by atoms with E-state index in [0.29, 0.717) is 36.1 Å². The van der Waals surface area contributed by atoms with Crippen molar-refractivity contribution >= 4 is 87.8 Å². The molecule has 44 heavy (non-hydrogen) atoms. The molecule has 0 saturated heterocycles. The van der Waals surface area contributed by atoms with Crippen LogP contribution < -0.4 is 19.6 Å². The van der Waals surface area contributed by atoms with Crippen LogP contribution in [0.15, 0.2) is 58.5 Å². The van der Waals surface area contributed by atoms with Crippen molar-refractivity contribution in [3.63, 3.8) is 0 Å². The summed E-state index contributed by atoms with van der Waals surface area (Å²) in [6.07, 6.45) is 0. The number of para-hydroxylation sites is 2. The van der Waals surface area contributed by atoms with E-state index in [4.69, 9.17) is 19.4 Å². The Balaban J connectivity index is 0.00000384. The summed E-state index contributed by atoms with van der Waals surface area (Å²) >= 11 is 5.15. The van der Waals surface area contributed by atoms with E-state index >= 15 is 0 Å². The van der Waals surface area contributed by atoms with Crippen LogP contribution in [0, 0.1) is 0 Å². The Hall–Kier alpha value is -3.30. The second kappa shape index (κ2) is 13.4. The van der Waals surface area contributed by atoms with Gasteiger partial charge < -0.3 is 29.4 Å². The molecule has 229 valence electrons. The Morgan fingerprint density at radius 3 is 2.25 bits per heavy atom. The van der Waals surface area contributed by atoms with Gasteiger partial charge in [0.1, 0.15) is 21.7 Å². The summed E-state index contributed by atoms with van der Waals surface area (Å²) in [6.45, 7) is 5.54. The molecular formula is C29H24CuN6O4S4. The van der Waals surface area contributed by atoms with Crippen LogP contribution in [-0.4, -0.2) is 42.0 Å². The molecule has 6 aromatic rings. The van der Waals surface area contributed by atoms with Crippen molar-refractivity contribution in [2.24, 2.45) is 9.98 Å². The van der Waals surface area contributed by atoms with E-state index in [1.807, 2.05) is 62.4 Å². The molecule has 6 rings (SSSR count). The summed E-state index contributed by atoms with van der Waals surface area (Å²) in [5, 5.41) is 0.882. The average Bonchev–Trinajstić information content (AvgIpc) is 3.77. The number of hydrogen-bond acceptors (Lipinski definition) is 12. The van der Waals surface area contributed by atoms with Crippen molar-refractivity contribution in [3.05, 3.63) is 79.3 Å². The van der Waals surface area contributed by atoms with Crippen LogP contribution in [0.4, 0.5) is 10.3 Å². The van der Waals surface area contributed by atoms with Crippen LogP contribution in [-0.2, 0) is 32.0 Å². The van der Waals surface area contributed by atoms with E-state index in [2.05, 4.69) is 20.0 Å². The normalized spacial score (nSPS) is 12.6. The second-order valence-corrected chi connectivity index (χ2v) is 13.7. The number of carbonyl (C=O) groups excluding carboxylic acids is 2. The molecule has 0 bridgehead atoms. The zero-order valence-electron chi connectivity index (χ0n) is 23.8. The molecular weight excluding hydrogens is 688 g/mol. The first-order valence-electron chi connectivity index (χ1n) is 13.1. The van der Waals surface area contributed by atoms with Gasteiger partial charge in [-0.05, 0) is 36.3 Å². The summed E-state index contributed by atoms with van der Waals surface area (Å²) in [5.74, 6) is -0.769. The Labute approximate surface area is 278 Å². The number of hydrogen-bond donors (Lipinski definition) is 0. The van der Waals surface area contributed by atoms with E-state index in [0.717, 1.165) is 43.1 Å². The first-order chi connectivity index (χ1) is 20.8. The molecule has 0 unspecified atom stereocenters. The number of fused-ring (bicyclic) bond motifs is 2. The number of rotatable bonds is 9. The maximum Gasteiger partial charge on any atom is 2.00 e. The van der Waals surface area contributed by atoms with E-state index in [1.165, 1.54) is 29.8 Å². The van der Waals surface area contributed by atoms with Crippen LogP contribution in [0.3, 0.4) is 0 Å². The zero-order chi connectivity index (χ0) is 30.1. The average molecular weight is 712 g/mol. The molecule has 4 heterocycles. The number of carbonyl (C=O) groups is 2. The summed E-state index contributed by atoms with van der Waals surface area (Å²) < 4.78 is 12.6. The number of Topliss-reactive ketones (excluding diaryl/α,β-unsaturated/α-hetero) is 1. The fraction of sp³-hybridized carbons (Fsp3) is 0.241. The number of ether oxygens (including phenoxy) is 2. The van der Waals surface area contributed by atoms with Gasteiger partial charge >= 0.3 is 23.0 Å². The number of thiazole rings is 4. The number of benzene rings is 2. The molecule has 0 N–H and O–H groups in total. The fourth-order valence-electron chi connectivity index (χ4n) is 4.37. The van der Waals surface area contributed by atoms with Crippen molar-refractivity contribution in [1.82, 2.24) is 19.9 Å². The largest absolute Gasteiger partial charge is 2.00 e. The minimum Gasteiger partial charge on any atom is -0.462 e. The van der Waals surface area contributed by atoms with Gasteiger partial charge in [-0.3, -0.25) is 4.79 Å². The monoisotopic (exact) mass is 711 g/mol. The van der Waals surface area contributed by atoms with E-state index in [9.17, 15) is 9.59 Å². The Morgan fingerprint density at radius 2 is 1.55 bits per heavy atom. The van der Waals surface area contributed by atoms with Crippen LogP contribution in [0.1, 0.15) is 51.5 Å². The van der Waals surface area contributed by atoms with Crippen molar-refractivity contribution in [2.45, 2.75) is 26.2 Å². The van der Waals surface area contributed by atoms with Crippen molar-refractivity contribution in [2.75, 3.05) is 20.3 Å². The van der Waals surface area contributed by atoms with Gasteiger partial charge in [0.15, 0.2) is 5.78 Å². The standard InChI is InChI=1S/C29H26N6O4S4.Cu/c1-5-39-24(37)21-23(33-28(43-21)35-26-31-16-11-7-9-13-19(16)41-26)29(2,3)22-20(17(36)14-38-4)42-27(32-22)34-25-30-15-10-6-8-12-18(15)40-25;/h6-13H,5,14H2,1-4H3,(H2,30,31,32,33,34,35,36,37);/q;+2/p-2. The number of nitrogens with zero attached hydrogens (tertiary/aromatic N) is 6. The molecule has 0 atom stereocenters. The molecule has 0 aliphatic carbocycles. The molecule has 0 aliphatic heterocycles. The van der Waals surface area contributed by atoms with Gasteiger partial charge in [0.2, 0.25) is 0 Å². The second-order valence-electron chi connectivity index (χ2n) is 9.70. The Kier molecular flexibility index (Phi) is 9.75. The van der Waals surface area contributed by atoms with Crippen LogP contribution in [0.25, 0.3) is 20.4 Å². The molecule has 2 aromatic carbocycles. The van der Waals surface area contributed by atoms with Gasteiger partial charge in [0, 0.05) is 26.8 Å². The maximum absolute atomic E-state index is 13.3. The van der Waals surface area contributed by atoms with E-state index in [-0.39, 0.29) is 40.9 Å². The van der Waals surface area contributed by atoms with Gasteiger partial charge in [-0.25, -0.2) is 14.8 Å². The third-order valence-corrected chi connectivity index (χ3v) is 10.1. The number of aromatic nitrogens is 4. The topological polar surface area (TPSA) is 131 Å². The smallest absolute Gasteiger partial charge is 0.462 e. The van der Waals surface area contributed by atoms with Crippen molar-refractivity contribution < 1.29 is 36.1 Å². The molecule has 0 fully saturated rings. The minimum atomic E-state index is -1.00. The van der Waals surface area contributed by atoms with Crippen LogP contribution >= 0.6 is 45.3 Å². The van der Waals surface area contributed by atoms with Crippen LogP contribution in [0.2, 0.25) is 0 Å². The molecule has 10 nitrogen and oxygen atoms in total. The summed E-state index contributed by atoms with van der Waals surface area (Å²) in [6, 6.07) is 15.5. The zero-order valence-corrected chi connectivity index (χ0v) is 28.0. The van der Waals surface area contributed by atoms with Gasteiger partial charge in [0.25, 0.3) is 0 Å². The molecule has 0 saturated carbocycles. The van der Waals surface area contributed by atoms with Gasteiger partial charge in [0.05, 0.1) is 27.4 Å². The number of esters is 1. The summed E-state index contributed by atoms with van der Waals surface area (Å²) in [5.41, 5.74) is 1.50. The Bertz CT molecular complexity index is 2050. The minimum absolute atomic E-state index is 0. The molecule has 0 amide bonds. The third-order valence-electron chi connectivity index (χ3n) is 6.35. The van der Waals surface area contributed by atoms with Crippen molar-refractivity contribution in [1.29, 1.82) is 0 Å². The third kappa shape index (κ3) is 6.40. The first kappa shape index (κ1) is 32.1.